The minimum atomic E-state index is -1.65. The highest BCUT2D eigenvalue weighted by molar-refractivity contribution is 6.42. The smallest absolute Gasteiger partial charge is 0.270 e. The third kappa shape index (κ3) is 4.78. The summed E-state index contributed by atoms with van der Waals surface area (Å²) in [6.45, 7) is 6.96. The van der Waals surface area contributed by atoms with E-state index >= 15 is 0 Å². The zero-order chi connectivity index (χ0) is 24.6. The van der Waals surface area contributed by atoms with Gasteiger partial charge in [0.05, 0.1) is 5.54 Å². The maximum atomic E-state index is 14.1. The molecular formula is C22H29ClF2N4O4. The van der Waals surface area contributed by atoms with Gasteiger partial charge in [-0.1, -0.05) is 25.4 Å². The van der Waals surface area contributed by atoms with Gasteiger partial charge < -0.3 is 31.1 Å². The van der Waals surface area contributed by atoms with Crippen molar-refractivity contribution in [3.8, 4) is 0 Å². The van der Waals surface area contributed by atoms with Crippen LogP contribution in [0.15, 0.2) is 29.1 Å². The molecule has 2 amide bonds. The van der Waals surface area contributed by atoms with Gasteiger partial charge in [-0.15, -0.1) is 0 Å². The fraction of sp³-hybridized carbons (Fsp3) is 0.545. The molecule has 33 heavy (non-hydrogen) atoms. The predicted octanol–water partition coefficient (Wildman–Crippen LogP) is 1.58. The summed E-state index contributed by atoms with van der Waals surface area (Å²) in [6, 6.07) is 3.08. The molecule has 1 aromatic rings. The van der Waals surface area contributed by atoms with Crippen molar-refractivity contribution in [1.82, 2.24) is 21.3 Å². The molecule has 1 aromatic carbocycles. The van der Waals surface area contributed by atoms with Crippen LogP contribution in [0.2, 0.25) is 0 Å². The number of halogens is 3. The zero-order valence-corrected chi connectivity index (χ0v) is 19.7. The van der Waals surface area contributed by atoms with E-state index in [0.717, 1.165) is 12.1 Å². The van der Waals surface area contributed by atoms with E-state index in [2.05, 4.69) is 21.3 Å². The standard InChI is InChI=1S/C22H29ClF2N4O4/c1-12(2)22(21(7-8-26-11-21)29-19(31)20(3,4)32)27-17(30)16(23)18(28-22)33-10-13-5-6-14(24)9-15(13)25/h5-6,9,12,26,28,32H,7-8,10-11H2,1-4H3,(H,27,30)(H,29,31)/t21-,22?/m0/s1. The molecule has 1 saturated heterocycles. The minimum Gasteiger partial charge on any atom is -0.473 e. The fourth-order valence-electron chi connectivity index (χ4n) is 4.17. The third-order valence-electron chi connectivity index (χ3n) is 6.09. The summed E-state index contributed by atoms with van der Waals surface area (Å²) in [5, 5.41) is 22.1. The van der Waals surface area contributed by atoms with Gasteiger partial charge in [-0.3, -0.25) is 9.59 Å². The lowest BCUT2D eigenvalue weighted by Gasteiger charge is -2.54. The first-order valence-electron chi connectivity index (χ1n) is 10.6. The van der Waals surface area contributed by atoms with E-state index < -0.39 is 40.3 Å². The van der Waals surface area contributed by atoms with Crippen LogP contribution in [0, 0.1) is 17.6 Å². The number of carbonyl (C=O) groups excluding carboxylic acids is 2. The summed E-state index contributed by atoms with van der Waals surface area (Å²) in [7, 11) is 0. The largest absolute Gasteiger partial charge is 0.473 e. The van der Waals surface area contributed by atoms with Gasteiger partial charge in [0.1, 0.15) is 29.5 Å². The van der Waals surface area contributed by atoms with Crippen molar-refractivity contribution in [3.05, 3.63) is 46.3 Å². The maximum Gasteiger partial charge on any atom is 0.270 e. The molecule has 11 heteroatoms. The van der Waals surface area contributed by atoms with E-state index in [1.54, 1.807) is 0 Å². The van der Waals surface area contributed by atoms with Crippen LogP contribution in [-0.4, -0.2) is 46.8 Å². The topological polar surface area (TPSA) is 112 Å². The minimum absolute atomic E-state index is 0.0730. The van der Waals surface area contributed by atoms with Gasteiger partial charge in [0, 0.05) is 18.2 Å². The van der Waals surface area contributed by atoms with Crippen LogP contribution >= 0.6 is 11.6 Å². The molecule has 2 aliphatic heterocycles. The molecular weight excluding hydrogens is 458 g/mol. The molecule has 8 nitrogen and oxygen atoms in total. The molecule has 1 fully saturated rings. The van der Waals surface area contributed by atoms with Gasteiger partial charge in [0.25, 0.3) is 11.8 Å². The quantitative estimate of drug-likeness (QED) is 0.400. The Balaban J connectivity index is 1.96. The molecule has 1 unspecified atom stereocenters. The Morgan fingerprint density at radius 2 is 2.03 bits per heavy atom. The van der Waals surface area contributed by atoms with E-state index in [9.17, 15) is 23.5 Å². The van der Waals surface area contributed by atoms with Gasteiger partial charge in [-0.2, -0.15) is 0 Å². The highest BCUT2D eigenvalue weighted by Crippen LogP contribution is 2.37. The average molecular weight is 487 g/mol. The lowest BCUT2D eigenvalue weighted by atomic mass is 9.74. The SMILES string of the molecule is CC(C)C1([C@]2(NC(=O)C(C)(C)O)CCNC2)NC(=O)C(Cl)=C(OCc2ccc(F)cc2F)N1. The van der Waals surface area contributed by atoms with Crippen molar-refractivity contribution in [3.63, 3.8) is 0 Å². The molecule has 3 rings (SSSR count). The Hall–Kier alpha value is -2.43. The fourth-order valence-corrected chi connectivity index (χ4v) is 4.32. The molecule has 182 valence electrons. The molecule has 0 saturated carbocycles. The van der Waals surface area contributed by atoms with Crippen LogP contribution < -0.4 is 21.3 Å². The van der Waals surface area contributed by atoms with Gasteiger partial charge in [-0.05, 0) is 44.9 Å². The second-order valence-electron chi connectivity index (χ2n) is 9.23. The van der Waals surface area contributed by atoms with Gasteiger partial charge in [0.2, 0.25) is 5.88 Å². The maximum absolute atomic E-state index is 14.1. The van der Waals surface area contributed by atoms with Crippen molar-refractivity contribution < 1.29 is 28.2 Å². The third-order valence-corrected chi connectivity index (χ3v) is 6.44. The summed E-state index contributed by atoms with van der Waals surface area (Å²) in [5.74, 6) is -3.16. The van der Waals surface area contributed by atoms with Crippen molar-refractivity contribution in [2.75, 3.05) is 13.1 Å². The van der Waals surface area contributed by atoms with E-state index in [0.29, 0.717) is 13.0 Å². The zero-order valence-electron chi connectivity index (χ0n) is 18.9. The number of hydrogen-bond acceptors (Lipinski definition) is 6. The van der Waals surface area contributed by atoms with Crippen LogP contribution in [0.25, 0.3) is 0 Å². The van der Waals surface area contributed by atoms with E-state index in [1.807, 2.05) is 13.8 Å². The first-order valence-corrected chi connectivity index (χ1v) is 11.0. The Morgan fingerprint density at radius 3 is 2.58 bits per heavy atom. The van der Waals surface area contributed by atoms with Crippen LogP contribution in [-0.2, 0) is 20.9 Å². The molecule has 0 radical (unpaired) electrons. The highest BCUT2D eigenvalue weighted by Gasteiger charge is 2.59. The Labute approximate surface area is 196 Å². The van der Waals surface area contributed by atoms with Gasteiger partial charge in [-0.25, -0.2) is 8.78 Å². The predicted molar refractivity (Wildman–Crippen MR) is 118 cm³/mol. The summed E-state index contributed by atoms with van der Waals surface area (Å²) in [5.41, 5.74) is -3.90. The number of aliphatic hydroxyl groups is 1. The molecule has 0 bridgehead atoms. The van der Waals surface area contributed by atoms with Crippen LogP contribution in [0.4, 0.5) is 8.78 Å². The Bertz CT molecular complexity index is 974. The van der Waals surface area contributed by atoms with E-state index in [4.69, 9.17) is 16.3 Å². The highest BCUT2D eigenvalue weighted by atomic mass is 35.5. The van der Waals surface area contributed by atoms with Crippen molar-refractivity contribution in [2.24, 2.45) is 5.92 Å². The number of rotatable bonds is 7. The second-order valence-corrected chi connectivity index (χ2v) is 9.61. The molecule has 2 aliphatic rings. The molecule has 2 heterocycles. The van der Waals surface area contributed by atoms with E-state index in [-0.39, 0.29) is 35.5 Å². The van der Waals surface area contributed by atoms with Crippen LogP contribution in [0.3, 0.4) is 0 Å². The second kappa shape index (κ2) is 9.08. The molecule has 0 aliphatic carbocycles. The van der Waals surface area contributed by atoms with Gasteiger partial charge >= 0.3 is 0 Å². The summed E-state index contributed by atoms with van der Waals surface area (Å²) >= 11 is 6.21. The number of benzene rings is 1. The summed E-state index contributed by atoms with van der Waals surface area (Å²) in [6.07, 6.45) is 0.428. The van der Waals surface area contributed by atoms with Crippen molar-refractivity contribution in [2.45, 2.75) is 57.5 Å². The van der Waals surface area contributed by atoms with Crippen LogP contribution in [0.1, 0.15) is 39.7 Å². The van der Waals surface area contributed by atoms with Crippen LogP contribution in [0.5, 0.6) is 0 Å². The Kier molecular flexibility index (Phi) is 6.93. The summed E-state index contributed by atoms with van der Waals surface area (Å²) < 4.78 is 33.0. The Morgan fingerprint density at radius 1 is 1.33 bits per heavy atom. The molecule has 2 atom stereocenters. The average Bonchev–Trinajstić information content (AvgIpc) is 3.19. The number of amides is 2. The first kappa shape index (κ1) is 25.2. The lowest BCUT2D eigenvalue weighted by Crippen LogP contribution is -2.82. The lowest BCUT2D eigenvalue weighted by molar-refractivity contribution is -0.142. The number of nitrogens with one attached hydrogen (secondary N) is 4. The monoisotopic (exact) mass is 486 g/mol. The number of ether oxygens (including phenoxy) is 1. The normalized spacial score (nSPS) is 25.7. The number of carbonyl (C=O) groups is 2. The molecule has 0 aromatic heterocycles. The molecule has 0 spiro atoms. The molecule has 5 N–H and O–H groups in total. The van der Waals surface area contributed by atoms with Crippen molar-refractivity contribution in [1.29, 1.82) is 0 Å². The first-order chi connectivity index (χ1) is 15.3. The summed E-state index contributed by atoms with van der Waals surface area (Å²) in [4.78, 5) is 25.7. The number of hydrogen-bond donors (Lipinski definition) is 5. The van der Waals surface area contributed by atoms with Crippen molar-refractivity contribution >= 4 is 23.4 Å². The van der Waals surface area contributed by atoms with E-state index in [1.165, 1.54) is 19.9 Å². The van der Waals surface area contributed by atoms with Gasteiger partial charge in [0.15, 0.2) is 5.03 Å².